The van der Waals surface area contributed by atoms with Crippen molar-refractivity contribution in [1.29, 1.82) is 0 Å². The van der Waals surface area contributed by atoms with Crippen LogP contribution in [0.1, 0.15) is 52.4 Å². The highest BCUT2D eigenvalue weighted by atomic mass is 16.5. The van der Waals surface area contributed by atoms with Crippen LogP contribution in [-0.4, -0.2) is 26.3 Å². The molecule has 0 saturated heterocycles. The van der Waals surface area contributed by atoms with Crippen molar-refractivity contribution >= 4 is 0 Å². The Morgan fingerprint density at radius 2 is 1.79 bits per heavy atom. The van der Waals surface area contributed by atoms with Crippen LogP contribution in [0.5, 0.6) is 0 Å². The molecule has 0 aromatic heterocycles. The largest absolute Gasteiger partial charge is 0.377 e. The lowest BCUT2D eigenvalue weighted by Gasteiger charge is -2.15. The molecule has 0 spiro atoms. The van der Waals surface area contributed by atoms with E-state index in [1.807, 2.05) is 7.05 Å². The van der Waals surface area contributed by atoms with Gasteiger partial charge in [0.1, 0.15) is 0 Å². The van der Waals surface area contributed by atoms with Crippen LogP contribution in [0.15, 0.2) is 0 Å². The average Bonchev–Trinajstić information content (AvgIpc) is 2.21. The second-order valence-corrected chi connectivity index (χ2v) is 3.87. The van der Waals surface area contributed by atoms with E-state index in [4.69, 9.17) is 4.74 Å². The summed E-state index contributed by atoms with van der Waals surface area (Å²) in [5, 5.41) is 3.15. The summed E-state index contributed by atoms with van der Waals surface area (Å²) in [6, 6.07) is 0. The Bertz CT molecular complexity index is 106. The lowest BCUT2D eigenvalue weighted by molar-refractivity contribution is 0.0494. The van der Waals surface area contributed by atoms with E-state index in [9.17, 15) is 0 Å². The van der Waals surface area contributed by atoms with Gasteiger partial charge in [-0.15, -0.1) is 0 Å². The zero-order chi connectivity index (χ0) is 10.6. The predicted molar refractivity (Wildman–Crippen MR) is 62.7 cm³/mol. The molecule has 1 unspecified atom stereocenters. The van der Waals surface area contributed by atoms with Gasteiger partial charge >= 0.3 is 0 Å². The highest BCUT2D eigenvalue weighted by Gasteiger charge is 2.03. The van der Waals surface area contributed by atoms with E-state index in [0.29, 0.717) is 6.10 Å². The highest BCUT2D eigenvalue weighted by Crippen LogP contribution is 2.04. The Kier molecular flexibility index (Phi) is 10.9. The normalized spacial score (nSPS) is 13.1. The molecule has 0 aliphatic rings. The van der Waals surface area contributed by atoms with Crippen LogP contribution in [0, 0.1) is 0 Å². The molecule has 0 bridgehead atoms. The average molecular weight is 201 g/mol. The van der Waals surface area contributed by atoms with Gasteiger partial charge in [0.05, 0.1) is 6.10 Å². The van der Waals surface area contributed by atoms with Crippen molar-refractivity contribution in [3.8, 4) is 0 Å². The minimum absolute atomic E-state index is 0.408. The maximum atomic E-state index is 5.75. The van der Waals surface area contributed by atoms with Crippen LogP contribution in [0.3, 0.4) is 0 Å². The van der Waals surface area contributed by atoms with Gasteiger partial charge in [0.25, 0.3) is 0 Å². The fourth-order valence-electron chi connectivity index (χ4n) is 1.50. The molecule has 0 fully saturated rings. The molecule has 0 saturated carbocycles. The molecule has 0 aromatic rings. The molecule has 2 heteroatoms. The summed E-state index contributed by atoms with van der Waals surface area (Å²) < 4.78 is 5.75. The van der Waals surface area contributed by atoms with Gasteiger partial charge in [-0.05, 0) is 19.9 Å². The van der Waals surface area contributed by atoms with E-state index >= 15 is 0 Å². The summed E-state index contributed by atoms with van der Waals surface area (Å²) in [7, 11) is 1.98. The summed E-state index contributed by atoms with van der Waals surface area (Å²) in [6.45, 7) is 6.34. The number of likely N-dealkylation sites (N-methyl/N-ethyl adjacent to an activating group) is 1. The first-order valence-electron chi connectivity index (χ1n) is 6.11. The van der Waals surface area contributed by atoms with Gasteiger partial charge in [0, 0.05) is 13.2 Å². The first kappa shape index (κ1) is 13.9. The number of hydrogen-bond donors (Lipinski definition) is 1. The molecule has 1 atom stereocenters. The number of ether oxygens (including phenoxy) is 1. The first-order valence-corrected chi connectivity index (χ1v) is 6.11. The summed E-state index contributed by atoms with van der Waals surface area (Å²) in [5.74, 6) is 0. The van der Waals surface area contributed by atoms with Gasteiger partial charge < -0.3 is 10.1 Å². The van der Waals surface area contributed by atoms with Crippen molar-refractivity contribution < 1.29 is 4.74 Å². The standard InChI is InChI=1S/C12H27NO/c1-4-6-7-8-9-10-14-12(5-2)11-13-3/h12-13H,4-11H2,1-3H3. The predicted octanol–water partition coefficient (Wildman–Crippen LogP) is 2.97. The van der Waals surface area contributed by atoms with Crippen molar-refractivity contribution in [2.45, 2.75) is 58.5 Å². The highest BCUT2D eigenvalue weighted by molar-refractivity contribution is 4.57. The van der Waals surface area contributed by atoms with Gasteiger partial charge in [-0.2, -0.15) is 0 Å². The maximum Gasteiger partial charge on any atom is 0.0696 e. The second kappa shape index (κ2) is 11.0. The molecule has 14 heavy (non-hydrogen) atoms. The Morgan fingerprint density at radius 1 is 1.07 bits per heavy atom. The third-order valence-electron chi connectivity index (χ3n) is 2.49. The van der Waals surface area contributed by atoms with Gasteiger partial charge in [0.15, 0.2) is 0 Å². The molecule has 0 aliphatic carbocycles. The van der Waals surface area contributed by atoms with Crippen LogP contribution >= 0.6 is 0 Å². The van der Waals surface area contributed by atoms with Gasteiger partial charge in [-0.3, -0.25) is 0 Å². The monoisotopic (exact) mass is 201 g/mol. The van der Waals surface area contributed by atoms with Crippen LogP contribution in [0.4, 0.5) is 0 Å². The second-order valence-electron chi connectivity index (χ2n) is 3.87. The molecule has 86 valence electrons. The van der Waals surface area contributed by atoms with Crippen molar-refractivity contribution in [2.24, 2.45) is 0 Å². The fraction of sp³-hybridized carbons (Fsp3) is 1.00. The Balaban J connectivity index is 3.15. The molecule has 0 heterocycles. The fourth-order valence-corrected chi connectivity index (χ4v) is 1.50. The maximum absolute atomic E-state index is 5.75. The molecule has 0 aliphatic heterocycles. The number of rotatable bonds is 10. The van der Waals surface area contributed by atoms with Crippen LogP contribution in [0.2, 0.25) is 0 Å². The van der Waals surface area contributed by atoms with Crippen LogP contribution in [0.25, 0.3) is 0 Å². The SMILES string of the molecule is CCCCCCCOC(CC)CNC. The Hall–Kier alpha value is -0.0800. The van der Waals surface area contributed by atoms with Gasteiger partial charge in [-0.1, -0.05) is 39.5 Å². The van der Waals surface area contributed by atoms with Crippen LogP contribution < -0.4 is 5.32 Å². The van der Waals surface area contributed by atoms with E-state index in [1.165, 1.54) is 32.1 Å². The zero-order valence-electron chi connectivity index (χ0n) is 10.1. The number of hydrogen-bond acceptors (Lipinski definition) is 2. The first-order chi connectivity index (χ1) is 6.85. The molecule has 0 radical (unpaired) electrons. The van der Waals surface area contributed by atoms with Gasteiger partial charge in [-0.25, -0.2) is 0 Å². The third kappa shape index (κ3) is 8.52. The summed E-state index contributed by atoms with van der Waals surface area (Å²) in [6.07, 6.45) is 8.11. The van der Waals surface area contributed by atoms with E-state index in [1.54, 1.807) is 0 Å². The van der Waals surface area contributed by atoms with E-state index in [2.05, 4.69) is 19.2 Å². The van der Waals surface area contributed by atoms with Gasteiger partial charge in [0.2, 0.25) is 0 Å². The van der Waals surface area contributed by atoms with Crippen molar-refractivity contribution in [3.63, 3.8) is 0 Å². The Labute approximate surface area is 89.4 Å². The smallest absolute Gasteiger partial charge is 0.0696 e. The summed E-state index contributed by atoms with van der Waals surface area (Å²) >= 11 is 0. The molecule has 0 rings (SSSR count). The lowest BCUT2D eigenvalue weighted by Crippen LogP contribution is -2.26. The van der Waals surface area contributed by atoms with Crippen molar-refractivity contribution in [2.75, 3.05) is 20.2 Å². The number of unbranched alkanes of at least 4 members (excludes halogenated alkanes) is 4. The molecule has 2 nitrogen and oxygen atoms in total. The van der Waals surface area contributed by atoms with Crippen molar-refractivity contribution in [3.05, 3.63) is 0 Å². The topological polar surface area (TPSA) is 21.3 Å². The molecule has 1 N–H and O–H groups in total. The third-order valence-corrected chi connectivity index (χ3v) is 2.49. The summed E-state index contributed by atoms with van der Waals surface area (Å²) in [4.78, 5) is 0. The Morgan fingerprint density at radius 3 is 2.36 bits per heavy atom. The van der Waals surface area contributed by atoms with E-state index in [0.717, 1.165) is 19.6 Å². The zero-order valence-corrected chi connectivity index (χ0v) is 10.1. The minimum atomic E-state index is 0.408. The van der Waals surface area contributed by atoms with Crippen LogP contribution in [-0.2, 0) is 4.74 Å². The molecule has 0 aromatic carbocycles. The van der Waals surface area contributed by atoms with E-state index in [-0.39, 0.29) is 0 Å². The molecule has 0 amide bonds. The lowest BCUT2D eigenvalue weighted by atomic mass is 10.2. The number of nitrogens with one attached hydrogen (secondary N) is 1. The van der Waals surface area contributed by atoms with E-state index < -0.39 is 0 Å². The molecular weight excluding hydrogens is 174 g/mol. The quantitative estimate of drug-likeness (QED) is 0.549. The van der Waals surface area contributed by atoms with Crippen molar-refractivity contribution in [1.82, 2.24) is 5.32 Å². The molecular formula is C12H27NO. The minimum Gasteiger partial charge on any atom is -0.377 e. The summed E-state index contributed by atoms with van der Waals surface area (Å²) in [5.41, 5.74) is 0.